The van der Waals surface area contributed by atoms with Crippen molar-refractivity contribution in [2.24, 2.45) is 0 Å². The second-order valence-corrected chi connectivity index (χ2v) is 6.55. The molecule has 1 saturated heterocycles. The fraction of sp³-hybridized carbons (Fsp3) is 0.579. The maximum absolute atomic E-state index is 12.5. The lowest BCUT2D eigenvalue weighted by molar-refractivity contribution is -0.139. The molecule has 0 radical (unpaired) electrons. The molecule has 2 amide bonds. The van der Waals surface area contributed by atoms with Gasteiger partial charge in [-0.3, -0.25) is 9.59 Å². The van der Waals surface area contributed by atoms with Crippen molar-refractivity contribution in [2.45, 2.75) is 47.0 Å². The highest BCUT2D eigenvalue weighted by atomic mass is 16.2. The van der Waals surface area contributed by atoms with Crippen LogP contribution in [-0.4, -0.2) is 47.8 Å². The lowest BCUT2D eigenvalue weighted by atomic mass is 9.98. The molecule has 1 aliphatic rings. The largest absolute Gasteiger partial charge is 0.339 e. The Hall–Kier alpha value is -1.84. The van der Waals surface area contributed by atoms with E-state index in [4.69, 9.17) is 0 Å². The number of benzene rings is 1. The van der Waals surface area contributed by atoms with Gasteiger partial charge in [0.1, 0.15) is 0 Å². The molecule has 0 aromatic heterocycles. The minimum Gasteiger partial charge on any atom is -0.339 e. The van der Waals surface area contributed by atoms with Crippen LogP contribution < -0.4 is 0 Å². The van der Waals surface area contributed by atoms with E-state index < -0.39 is 0 Å². The average Bonchev–Trinajstić information content (AvgIpc) is 2.53. The summed E-state index contributed by atoms with van der Waals surface area (Å²) >= 11 is 0. The summed E-state index contributed by atoms with van der Waals surface area (Å²) in [5.41, 5.74) is 4.79. The lowest BCUT2D eigenvalue weighted by Gasteiger charge is -2.35. The molecular formula is C19H28N2O2. The Balaban J connectivity index is 1.93. The predicted octanol–water partition coefficient (Wildman–Crippen LogP) is 2.63. The van der Waals surface area contributed by atoms with Crippen molar-refractivity contribution in [2.75, 3.05) is 26.2 Å². The number of carbonyl (C=O) groups is 2. The van der Waals surface area contributed by atoms with Gasteiger partial charge in [-0.15, -0.1) is 0 Å². The second kappa shape index (κ2) is 7.62. The third kappa shape index (κ3) is 4.34. The Morgan fingerprint density at radius 3 is 1.96 bits per heavy atom. The standard InChI is InChI=1S/C19H28N2O2/c1-5-6-18(22)20-7-9-21(10-8-20)19(23)13-17-12-15(3)14(2)11-16(17)4/h11-12H,5-10,13H2,1-4H3. The molecule has 0 atom stereocenters. The van der Waals surface area contributed by atoms with E-state index in [1.54, 1.807) is 0 Å². The summed E-state index contributed by atoms with van der Waals surface area (Å²) in [7, 11) is 0. The van der Waals surface area contributed by atoms with Crippen molar-refractivity contribution >= 4 is 11.8 Å². The van der Waals surface area contributed by atoms with Crippen LogP contribution in [0.4, 0.5) is 0 Å². The molecule has 4 nitrogen and oxygen atoms in total. The van der Waals surface area contributed by atoms with Gasteiger partial charge in [0.15, 0.2) is 0 Å². The zero-order valence-corrected chi connectivity index (χ0v) is 14.8. The summed E-state index contributed by atoms with van der Waals surface area (Å²) in [4.78, 5) is 28.2. The van der Waals surface area contributed by atoms with Crippen LogP contribution in [-0.2, 0) is 16.0 Å². The topological polar surface area (TPSA) is 40.6 Å². The second-order valence-electron chi connectivity index (χ2n) is 6.55. The monoisotopic (exact) mass is 316 g/mol. The fourth-order valence-electron chi connectivity index (χ4n) is 3.06. The van der Waals surface area contributed by atoms with Gasteiger partial charge >= 0.3 is 0 Å². The summed E-state index contributed by atoms with van der Waals surface area (Å²) in [5, 5.41) is 0. The van der Waals surface area contributed by atoms with Crippen LogP contribution in [0.3, 0.4) is 0 Å². The van der Waals surface area contributed by atoms with Gasteiger partial charge in [0, 0.05) is 32.6 Å². The quantitative estimate of drug-likeness (QED) is 0.857. The van der Waals surface area contributed by atoms with Gasteiger partial charge in [0.25, 0.3) is 0 Å². The first-order valence-electron chi connectivity index (χ1n) is 8.54. The van der Waals surface area contributed by atoms with Gasteiger partial charge in [-0.1, -0.05) is 19.1 Å². The van der Waals surface area contributed by atoms with Crippen LogP contribution in [0.2, 0.25) is 0 Å². The molecule has 4 heteroatoms. The molecule has 1 fully saturated rings. The first-order valence-corrected chi connectivity index (χ1v) is 8.54. The number of nitrogens with zero attached hydrogens (tertiary/aromatic N) is 2. The first-order chi connectivity index (χ1) is 10.9. The smallest absolute Gasteiger partial charge is 0.227 e. The Labute approximate surface area is 139 Å². The van der Waals surface area contributed by atoms with Crippen LogP contribution in [0.1, 0.15) is 42.0 Å². The zero-order valence-electron chi connectivity index (χ0n) is 14.8. The number of rotatable bonds is 4. The van der Waals surface area contributed by atoms with E-state index >= 15 is 0 Å². The highest BCUT2D eigenvalue weighted by Gasteiger charge is 2.23. The Kier molecular flexibility index (Phi) is 5.80. The third-order valence-electron chi connectivity index (χ3n) is 4.74. The molecule has 0 saturated carbocycles. The predicted molar refractivity (Wildman–Crippen MR) is 92.4 cm³/mol. The van der Waals surface area contributed by atoms with Crippen LogP contribution in [0, 0.1) is 20.8 Å². The van der Waals surface area contributed by atoms with E-state index in [0.717, 1.165) is 12.0 Å². The lowest BCUT2D eigenvalue weighted by Crippen LogP contribution is -2.51. The van der Waals surface area contributed by atoms with Crippen molar-refractivity contribution in [1.29, 1.82) is 0 Å². The van der Waals surface area contributed by atoms with Gasteiger partial charge in [0.05, 0.1) is 6.42 Å². The molecule has 1 aliphatic heterocycles. The van der Waals surface area contributed by atoms with Crippen molar-refractivity contribution < 1.29 is 9.59 Å². The molecule has 2 rings (SSSR count). The van der Waals surface area contributed by atoms with Gasteiger partial charge in [-0.05, 0) is 49.4 Å². The minimum absolute atomic E-state index is 0.166. The van der Waals surface area contributed by atoms with Crippen LogP contribution in [0.15, 0.2) is 12.1 Å². The molecule has 23 heavy (non-hydrogen) atoms. The molecule has 1 aromatic rings. The van der Waals surface area contributed by atoms with Gasteiger partial charge in [-0.2, -0.15) is 0 Å². The highest BCUT2D eigenvalue weighted by Crippen LogP contribution is 2.17. The molecule has 126 valence electrons. The van der Waals surface area contributed by atoms with E-state index in [-0.39, 0.29) is 11.8 Å². The Morgan fingerprint density at radius 2 is 1.39 bits per heavy atom. The van der Waals surface area contributed by atoms with E-state index in [1.807, 2.05) is 16.7 Å². The Bertz CT molecular complexity index is 587. The summed E-state index contributed by atoms with van der Waals surface area (Å²) in [5.74, 6) is 0.378. The zero-order chi connectivity index (χ0) is 17.0. The molecule has 0 spiro atoms. The van der Waals surface area contributed by atoms with E-state index in [1.165, 1.54) is 16.7 Å². The van der Waals surface area contributed by atoms with Gasteiger partial charge < -0.3 is 9.80 Å². The third-order valence-corrected chi connectivity index (χ3v) is 4.74. The number of hydrogen-bond donors (Lipinski definition) is 0. The molecule has 0 unspecified atom stereocenters. The molecule has 1 heterocycles. The first kappa shape index (κ1) is 17.5. The van der Waals surface area contributed by atoms with E-state index in [9.17, 15) is 9.59 Å². The van der Waals surface area contributed by atoms with Crippen molar-refractivity contribution in [1.82, 2.24) is 9.80 Å². The van der Waals surface area contributed by atoms with Crippen LogP contribution in [0.25, 0.3) is 0 Å². The number of amides is 2. The highest BCUT2D eigenvalue weighted by molar-refractivity contribution is 5.80. The molecule has 0 N–H and O–H groups in total. The summed E-state index contributed by atoms with van der Waals surface area (Å²) < 4.78 is 0. The number of hydrogen-bond acceptors (Lipinski definition) is 2. The molecule has 0 bridgehead atoms. The maximum Gasteiger partial charge on any atom is 0.227 e. The van der Waals surface area contributed by atoms with Crippen molar-refractivity contribution in [3.63, 3.8) is 0 Å². The Morgan fingerprint density at radius 1 is 0.870 bits per heavy atom. The molecule has 0 aliphatic carbocycles. The minimum atomic E-state index is 0.166. The summed E-state index contributed by atoms with van der Waals surface area (Å²) in [6, 6.07) is 4.28. The van der Waals surface area contributed by atoms with Gasteiger partial charge in [-0.25, -0.2) is 0 Å². The number of aryl methyl sites for hydroxylation is 3. The van der Waals surface area contributed by atoms with E-state index in [0.29, 0.717) is 39.0 Å². The summed E-state index contributed by atoms with van der Waals surface area (Å²) in [6.07, 6.45) is 1.94. The SMILES string of the molecule is CCCC(=O)N1CCN(C(=O)Cc2cc(C)c(C)cc2C)CC1. The molecular weight excluding hydrogens is 288 g/mol. The van der Waals surface area contributed by atoms with Gasteiger partial charge in [0.2, 0.25) is 11.8 Å². The summed E-state index contributed by atoms with van der Waals surface area (Å²) in [6.45, 7) is 10.9. The van der Waals surface area contributed by atoms with Crippen molar-refractivity contribution in [3.05, 3.63) is 34.4 Å². The molecule has 1 aromatic carbocycles. The van der Waals surface area contributed by atoms with Crippen LogP contribution in [0.5, 0.6) is 0 Å². The van der Waals surface area contributed by atoms with Crippen molar-refractivity contribution in [3.8, 4) is 0 Å². The fourth-order valence-corrected chi connectivity index (χ4v) is 3.06. The van der Waals surface area contributed by atoms with E-state index in [2.05, 4.69) is 32.9 Å². The number of piperazine rings is 1. The average molecular weight is 316 g/mol. The normalized spacial score (nSPS) is 15.0. The maximum atomic E-state index is 12.5. The van der Waals surface area contributed by atoms with Crippen LogP contribution >= 0.6 is 0 Å². The number of carbonyl (C=O) groups excluding carboxylic acids is 2.